The van der Waals surface area contributed by atoms with E-state index in [0.29, 0.717) is 0 Å². The Morgan fingerprint density at radius 2 is 1.80 bits per heavy atom. The lowest BCUT2D eigenvalue weighted by molar-refractivity contribution is 0.525. The topological polar surface area (TPSA) is 42.4 Å². The second-order valence-electron chi connectivity index (χ2n) is 5.15. The van der Waals surface area contributed by atoms with Gasteiger partial charge in [-0.1, -0.05) is 30.3 Å². The molecule has 3 heteroatoms. The third kappa shape index (κ3) is 2.28. The van der Waals surface area contributed by atoms with Crippen molar-refractivity contribution in [3.63, 3.8) is 0 Å². The fraction of sp³-hybridized carbons (Fsp3) is 0.176. The molecule has 0 saturated heterocycles. The van der Waals surface area contributed by atoms with E-state index in [1.54, 1.807) is 0 Å². The van der Waals surface area contributed by atoms with E-state index in [9.17, 15) is 0 Å². The van der Waals surface area contributed by atoms with Gasteiger partial charge in [0.1, 0.15) is 11.3 Å². The van der Waals surface area contributed by atoms with E-state index >= 15 is 0 Å². The van der Waals surface area contributed by atoms with Gasteiger partial charge in [0.05, 0.1) is 6.04 Å². The van der Waals surface area contributed by atoms with Crippen LogP contribution in [0.2, 0.25) is 0 Å². The first-order valence-corrected chi connectivity index (χ1v) is 6.66. The van der Waals surface area contributed by atoms with E-state index in [0.717, 1.165) is 28.0 Å². The molecule has 2 N–H and O–H groups in total. The summed E-state index contributed by atoms with van der Waals surface area (Å²) in [7, 11) is 4.04. The number of nitrogens with zero attached hydrogens (tertiary/aromatic N) is 1. The van der Waals surface area contributed by atoms with Crippen molar-refractivity contribution in [1.29, 1.82) is 0 Å². The van der Waals surface area contributed by atoms with Crippen LogP contribution >= 0.6 is 0 Å². The zero-order chi connectivity index (χ0) is 14.1. The maximum atomic E-state index is 6.34. The smallest absolute Gasteiger partial charge is 0.134 e. The fourth-order valence-electron chi connectivity index (χ4n) is 2.32. The summed E-state index contributed by atoms with van der Waals surface area (Å²) >= 11 is 0. The molecule has 0 aliphatic carbocycles. The average molecular weight is 266 g/mol. The molecule has 0 aliphatic heterocycles. The lowest BCUT2D eigenvalue weighted by Gasteiger charge is -2.15. The van der Waals surface area contributed by atoms with Crippen molar-refractivity contribution in [2.24, 2.45) is 5.73 Å². The van der Waals surface area contributed by atoms with Crippen LogP contribution < -0.4 is 10.6 Å². The van der Waals surface area contributed by atoms with Crippen LogP contribution in [-0.2, 0) is 0 Å². The molecule has 0 radical (unpaired) electrons. The second kappa shape index (κ2) is 5.02. The quantitative estimate of drug-likeness (QED) is 0.788. The van der Waals surface area contributed by atoms with Gasteiger partial charge in [0.15, 0.2) is 0 Å². The number of benzene rings is 2. The molecule has 3 nitrogen and oxygen atoms in total. The molecule has 0 saturated carbocycles. The first-order chi connectivity index (χ1) is 9.65. The summed E-state index contributed by atoms with van der Waals surface area (Å²) in [4.78, 5) is 2.06. The van der Waals surface area contributed by atoms with Gasteiger partial charge in [-0.3, -0.25) is 0 Å². The van der Waals surface area contributed by atoms with Crippen molar-refractivity contribution in [1.82, 2.24) is 0 Å². The van der Waals surface area contributed by atoms with Crippen LogP contribution in [0.25, 0.3) is 11.0 Å². The van der Waals surface area contributed by atoms with Crippen molar-refractivity contribution in [2.45, 2.75) is 6.04 Å². The second-order valence-corrected chi connectivity index (χ2v) is 5.15. The minimum atomic E-state index is -0.248. The third-order valence-corrected chi connectivity index (χ3v) is 3.50. The van der Waals surface area contributed by atoms with E-state index < -0.39 is 0 Å². The maximum absolute atomic E-state index is 6.34. The highest BCUT2D eigenvalue weighted by molar-refractivity contribution is 5.78. The third-order valence-electron chi connectivity index (χ3n) is 3.50. The van der Waals surface area contributed by atoms with E-state index in [1.807, 2.05) is 56.6 Å². The zero-order valence-corrected chi connectivity index (χ0v) is 11.7. The Morgan fingerprint density at radius 1 is 1.00 bits per heavy atom. The standard InChI is InChI=1S/C17H18N2O/c1-19(2)14-8-5-7-13(10-14)17(18)16-11-12-6-3-4-9-15(12)20-16/h3-11,17H,18H2,1-2H3. The van der Waals surface area contributed by atoms with Crippen LogP contribution in [0.4, 0.5) is 5.69 Å². The largest absolute Gasteiger partial charge is 0.459 e. The molecule has 0 fully saturated rings. The van der Waals surface area contributed by atoms with Crippen LogP contribution in [0.1, 0.15) is 17.4 Å². The Morgan fingerprint density at radius 3 is 2.55 bits per heavy atom. The molecule has 20 heavy (non-hydrogen) atoms. The maximum Gasteiger partial charge on any atom is 0.134 e. The molecule has 3 aromatic rings. The Hall–Kier alpha value is -2.26. The summed E-state index contributed by atoms with van der Waals surface area (Å²) in [6.07, 6.45) is 0. The van der Waals surface area contributed by atoms with Gasteiger partial charge in [-0.05, 0) is 29.8 Å². The number of anilines is 1. The normalized spacial score (nSPS) is 12.6. The summed E-state index contributed by atoms with van der Waals surface area (Å²) in [6, 6.07) is 17.9. The number of nitrogens with two attached hydrogens (primary N) is 1. The highest BCUT2D eigenvalue weighted by atomic mass is 16.3. The molecule has 1 heterocycles. The van der Waals surface area contributed by atoms with Gasteiger partial charge < -0.3 is 15.1 Å². The number of hydrogen-bond acceptors (Lipinski definition) is 3. The predicted octanol–water partition coefficient (Wildman–Crippen LogP) is 3.55. The van der Waals surface area contributed by atoms with Gasteiger partial charge in [0.25, 0.3) is 0 Å². The summed E-state index contributed by atoms with van der Waals surface area (Å²) in [5.74, 6) is 0.794. The van der Waals surface area contributed by atoms with Gasteiger partial charge >= 0.3 is 0 Å². The first kappa shape index (κ1) is 12.8. The molecule has 0 bridgehead atoms. The van der Waals surface area contributed by atoms with Crippen molar-refractivity contribution >= 4 is 16.7 Å². The Kier molecular flexibility index (Phi) is 3.20. The number of furan rings is 1. The van der Waals surface area contributed by atoms with Crippen molar-refractivity contribution in [2.75, 3.05) is 19.0 Å². The highest BCUT2D eigenvalue weighted by Crippen LogP contribution is 2.28. The summed E-state index contributed by atoms with van der Waals surface area (Å²) in [6.45, 7) is 0. The molecule has 0 spiro atoms. The molecule has 0 aliphatic rings. The minimum Gasteiger partial charge on any atom is -0.459 e. The van der Waals surface area contributed by atoms with Crippen molar-refractivity contribution in [3.05, 3.63) is 65.9 Å². The lowest BCUT2D eigenvalue weighted by Crippen LogP contribution is -2.13. The van der Waals surface area contributed by atoms with Gasteiger partial charge in [-0.15, -0.1) is 0 Å². The lowest BCUT2D eigenvalue weighted by atomic mass is 10.0. The molecular weight excluding hydrogens is 248 g/mol. The number of fused-ring (bicyclic) bond motifs is 1. The Balaban J connectivity index is 1.99. The van der Waals surface area contributed by atoms with Crippen LogP contribution in [0.15, 0.2) is 59.0 Å². The van der Waals surface area contributed by atoms with Crippen LogP contribution in [-0.4, -0.2) is 14.1 Å². The molecule has 0 amide bonds. The molecule has 3 rings (SSSR count). The summed E-state index contributed by atoms with van der Waals surface area (Å²) in [5.41, 5.74) is 9.40. The SMILES string of the molecule is CN(C)c1cccc(C(N)c2cc3ccccc3o2)c1. The number of hydrogen-bond donors (Lipinski definition) is 1. The highest BCUT2D eigenvalue weighted by Gasteiger charge is 2.14. The minimum absolute atomic E-state index is 0.248. The fourth-order valence-corrected chi connectivity index (χ4v) is 2.32. The van der Waals surface area contributed by atoms with Gasteiger partial charge in [0.2, 0.25) is 0 Å². The van der Waals surface area contributed by atoms with Crippen LogP contribution in [0, 0.1) is 0 Å². The zero-order valence-electron chi connectivity index (χ0n) is 11.7. The predicted molar refractivity (Wildman–Crippen MR) is 83.0 cm³/mol. The molecular formula is C17H18N2O. The molecule has 1 atom stereocenters. The van der Waals surface area contributed by atoms with Gasteiger partial charge in [0, 0.05) is 25.2 Å². The van der Waals surface area contributed by atoms with E-state index in [4.69, 9.17) is 10.2 Å². The molecule has 102 valence electrons. The van der Waals surface area contributed by atoms with E-state index in [1.165, 1.54) is 0 Å². The van der Waals surface area contributed by atoms with Crippen molar-refractivity contribution < 1.29 is 4.42 Å². The average Bonchev–Trinajstić information content (AvgIpc) is 2.90. The molecule has 2 aromatic carbocycles. The Bertz CT molecular complexity index is 697. The Labute approximate surface area is 118 Å². The van der Waals surface area contributed by atoms with Gasteiger partial charge in [-0.25, -0.2) is 0 Å². The van der Waals surface area contributed by atoms with E-state index in [2.05, 4.69) is 17.0 Å². The monoisotopic (exact) mass is 266 g/mol. The van der Waals surface area contributed by atoms with E-state index in [-0.39, 0.29) is 6.04 Å². The van der Waals surface area contributed by atoms with Crippen molar-refractivity contribution in [3.8, 4) is 0 Å². The number of rotatable bonds is 3. The first-order valence-electron chi connectivity index (χ1n) is 6.66. The van der Waals surface area contributed by atoms with Crippen LogP contribution in [0.3, 0.4) is 0 Å². The van der Waals surface area contributed by atoms with Crippen LogP contribution in [0.5, 0.6) is 0 Å². The van der Waals surface area contributed by atoms with Gasteiger partial charge in [-0.2, -0.15) is 0 Å². The molecule has 1 unspecified atom stereocenters. The molecule has 1 aromatic heterocycles. The summed E-state index contributed by atoms with van der Waals surface area (Å²) in [5, 5.41) is 1.08. The summed E-state index contributed by atoms with van der Waals surface area (Å²) < 4.78 is 5.85. The number of para-hydroxylation sites is 1.